The monoisotopic (exact) mass is 441 g/mol. The van der Waals surface area contributed by atoms with Gasteiger partial charge < -0.3 is 15.2 Å². The lowest BCUT2D eigenvalue weighted by atomic mass is 10.1. The van der Waals surface area contributed by atoms with Gasteiger partial charge >= 0.3 is 11.9 Å². The van der Waals surface area contributed by atoms with Crippen LogP contribution in [0.25, 0.3) is 0 Å². The van der Waals surface area contributed by atoms with Crippen molar-refractivity contribution in [3.8, 4) is 0 Å². The van der Waals surface area contributed by atoms with E-state index in [2.05, 4.69) is 19.2 Å². The zero-order chi connectivity index (χ0) is 23.0. The number of rotatable bonds is 24. The van der Waals surface area contributed by atoms with Crippen molar-refractivity contribution in [2.45, 2.75) is 142 Å². The first-order valence-corrected chi connectivity index (χ1v) is 13.2. The molecule has 0 aliphatic carbocycles. The highest BCUT2D eigenvalue weighted by Crippen LogP contribution is 2.11. The number of unbranched alkanes of at least 4 members (excludes halogenated alkanes) is 16. The molecule has 0 aromatic heterocycles. The third-order valence-corrected chi connectivity index (χ3v) is 5.85. The molecule has 0 aromatic rings. The van der Waals surface area contributed by atoms with Gasteiger partial charge in [-0.05, 0) is 19.4 Å². The Labute approximate surface area is 192 Å². The number of aliphatic carboxylic acids is 1. The molecule has 31 heavy (non-hydrogen) atoms. The van der Waals surface area contributed by atoms with Crippen LogP contribution in [0, 0.1) is 0 Å². The molecule has 2 N–H and O–H groups in total. The fraction of sp³-hybridized carbons (Fsp3) is 0.923. The summed E-state index contributed by atoms with van der Waals surface area (Å²) in [5.74, 6) is -1.39. The molecule has 0 heterocycles. The lowest BCUT2D eigenvalue weighted by Crippen LogP contribution is -2.39. The van der Waals surface area contributed by atoms with Crippen molar-refractivity contribution in [3.05, 3.63) is 0 Å². The fourth-order valence-electron chi connectivity index (χ4n) is 3.78. The maximum atomic E-state index is 11.9. The number of carbonyl (C=O) groups excluding carboxylic acids is 1. The number of nitrogens with one attached hydrogen (secondary N) is 1. The molecular weight excluding hydrogens is 390 g/mol. The Morgan fingerprint density at radius 3 is 1.55 bits per heavy atom. The smallest absolute Gasteiger partial charge is 0.321 e. The molecule has 0 saturated heterocycles. The molecule has 0 aromatic carbocycles. The van der Waals surface area contributed by atoms with Gasteiger partial charge in [-0.25, -0.2) is 0 Å². The summed E-state index contributed by atoms with van der Waals surface area (Å²) < 4.78 is 5.22. The van der Waals surface area contributed by atoms with Crippen molar-refractivity contribution < 1.29 is 19.4 Å². The zero-order valence-corrected chi connectivity index (χ0v) is 20.6. The molecule has 5 nitrogen and oxygen atoms in total. The lowest BCUT2D eigenvalue weighted by Gasteiger charge is -2.14. The van der Waals surface area contributed by atoms with Gasteiger partial charge in [-0.3, -0.25) is 9.59 Å². The van der Waals surface area contributed by atoms with Gasteiger partial charge in [0.2, 0.25) is 0 Å². The molecule has 0 spiro atoms. The van der Waals surface area contributed by atoms with Crippen LogP contribution in [-0.4, -0.2) is 36.2 Å². The van der Waals surface area contributed by atoms with Crippen molar-refractivity contribution in [2.24, 2.45) is 0 Å². The van der Waals surface area contributed by atoms with E-state index in [1.807, 2.05) is 0 Å². The van der Waals surface area contributed by atoms with E-state index in [4.69, 9.17) is 4.74 Å². The van der Waals surface area contributed by atoms with Gasteiger partial charge in [0.05, 0.1) is 13.0 Å². The van der Waals surface area contributed by atoms with Gasteiger partial charge in [0, 0.05) is 0 Å². The Balaban J connectivity index is 3.61. The van der Waals surface area contributed by atoms with Gasteiger partial charge in [-0.1, -0.05) is 117 Å². The number of carboxylic acid groups (broad SMARTS) is 1. The first-order valence-electron chi connectivity index (χ1n) is 13.2. The second-order valence-electron chi connectivity index (χ2n) is 8.93. The second-order valence-corrected chi connectivity index (χ2v) is 8.93. The van der Waals surface area contributed by atoms with E-state index in [1.165, 1.54) is 89.9 Å². The van der Waals surface area contributed by atoms with Crippen LogP contribution >= 0.6 is 0 Å². The molecule has 184 valence electrons. The van der Waals surface area contributed by atoms with Crippen molar-refractivity contribution in [1.82, 2.24) is 5.32 Å². The minimum atomic E-state index is -0.976. The molecule has 1 atom stereocenters. The summed E-state index contributed by atoms with van der Waals surface area (Å²) in [5.41, 5.74) is 0. The molecule has 0 bridgehead atoms. The minimum absolute atomic E-state index is 0.0934. The highest BCUT2D eigenvalue weighted by atomic mass is 16.5. The van der Waals surface area contributed by atoms with Crippen LogP contribution in [0.3, 0.4) is 0 Å². The average molecular weight is 442 g/mol. The fourth-order valence-corrected chi connectivity index (χ4v) is 3.78. The van der Waals surface area contributed by atoms with Crippen LogP contribution in [-0.2, 0) is 14.3 Å². The summed E-state index contributed by atoms with van der Waals surface area (Å²) in [6, 6.07) is -0.843. The molecule has 0 aliphatic heterocycles. The molecule has 5 heteroatoms. The quantitative estimate of drug-likeness (QED) is 0.124. The van der Waals surface area contributed by atoms with E-state index < -0.39 is 18.0 Å². The SMILES string of the molecule is CCCCCCCCCCCCCNC(CC(=O)OCCCCCCCCC)C(=O)O. The molecule has 0 radical (unpaired) electrons. The summed E-state index contributed by atoms with van der Waals surface area (Å²) in [7, 11) is 0. The largest absolute Gasteiger partial charge is 0.480 e. The molecular formula is C26H51NO4. The summed E-state index contributed by atoms with van der Waals surface area (Å²) in [4.78, 5) is 23.3. The Morgan fingerprint density at radius 1 is 0.677 bits per heavy atom. The van der Waals surface area contributed by atoms with E-state index in [9.17, 15) is 14.7 Å². The van der Waals surface area contributed by atoms with E-state index in [1.54, 1.807) is 0 Å². The van der Waals surface area contributed by atoms with Crippen molar-refractivity contribution in [1.29, 1.82) is 0 Å². The van der Waals surface area contributed by atoms with Gasteiger partial charge in [0.15, 0.2) is 0 Å². The van der Waals surface area contributed by atoms with Crippen molar-refractivity contribution in [2.75, 3.05) is 13.2 Å². The lowest BCUT2D eigenvalue weighted by molar-refractivity contribution is -0.149. The van der Waals surface area contributed by atoms with E-state index in [0.717, 1.165) is 25.7 Å². The minimum Gasteiger partial charge on any atom is -0.480 e. The number of esters is 1. The highest BCUT2D eigenvalue weighted by molar-refractivity contribution is 5.81. The van der Waals surface area contributed by atoms with Crippen LogP contribution in [0.15, 0.2) is 0 Å². The molecule has 0 amide bonds. The van der Waals surface area contributed by atoms with Crippen molar-refractivity contribution in [3.63, 3.8) is 0 Å². The van der Waals surface area contributed by atoms with Gasteiger partial charge in [-0.2, -0.15) is 0 Å². The Morgan fingerprint density at radius 2 is 1.10 bits per heavy atom. The predicted octanol–water partition coefficient (Wildman–Crippen LogP) is 7.02. The maximum absolute atomic E-state index is 11.9. The van der Waals surface area contributed by atoms with E-state index in [0.29, 0.717) is 13.2 Å². The zero-order valence-electron chi connectivity index (χ0n) is 20.6. The van der Waals surface area contributed by atoms with Crippen LogP contribution in [0.2, 0.25) is 0 Å². The first-order chi connectivity index (χ1) is 15.1. The van der Waals surface area contributed by atoms with Crippen LogP contribution < -0.4 is 5.32 Å². The molecule has 0 saturated carbocycles. The standard InChI is InChI=1S/C26H51NO4/c1-3-5-7-9-11-12-13-14-15-17-19-21-27-24(26(29)30)23-25(28)31-22-20-18-16-10-8-6-4-2/h24,27H,3-23H2,1-2H3,(H,29,30). The number of carbonyl (C=O) groups is 2. The molecule has 1 unspecified atom stereocenters. The van der Waals surface area contributed by atoms with Crippen LogP contribution in [0.1, 0.15) is 136 Å². The maximum Gasteiger partial charge on any atom is 0.321 e. The van der Waals surface area contributed by atoms with Gasteiger partial charge in [-0.15, -0.1) is 0 Å². The topological polar surface area (TPSA) is 75.6 Å². The first kappa shape index (κ1) is 29.9. The average Bonchev–Trinajstić information content (AvgIpc) is 2.75. The molecule has 0 rings (SSSR count). The van der Waals surface area contributed by atoms with E-state index >= 15 is 0 Å². The van der Waals surface area contributed by atoms with Crippen LogP contribution in [0.4, 0.5) is 0 Å². The van der Waals surface area contributed by atoms with E-state index in [-0.39, 0.29) is 6.42 Å². The summed E-state index contributed by atoms with van der Waals surface area (Å²) in [5, 5.41) is 12.4. The number of ether oxygens (including phenoxy) is 1. The Kier molecular flexibility index (Phi) is 22.7. The molecule has 0 aliphatic rings. The predicted molar refractivity (Wildman–Crippen MR) is 129 cm³/mol. The third kappa shape index (κ3) is 21.9. The summed E-state index contributed by atoms with van der Waals surface area (Å²) in [6.45, 7) is 5.49. The van der Waals surface area contributed by atoms with Gasteiger partial charge in [0.25, 0.3) is 0 Å². The number of hydrogen-bond donors (Lipinski definition) is 2. The molecule has 0 fully saturated rings. The summed E-state index contributed by atoms with van der Waals surface area (Å²) in [6.07, 6.45) is 22.0. The third-order valence-electron chi connectivity index (χ3n) is 5.85. The summed E-state index contributed by atoms with van der Waals surface area (Å²) >= 11 is 0. The van der Waals surface area contributed by atoms with Crippen molar-refractivity contribution >= 4 is 11.9 Å². The Bertz CT molecular complexity index is 414. The highest BCUT2D eigenvalue weighted by Gasteiger charge is 2.21. The van der Waals surface area contributed by atoms with Gasteiger partial charge in [0.1, 0.15) is 6.04 Å². The second kappa shape index (κ2) is 23.6. The number of carboxylic acids is 1. The normalized spacial score (nSPS) is 12.1. The van der Waals surface area contributed by atoms with Crippen LogP contribution in [0.5, 0.6) is 0 Å². The Hall–Kier alpha value is -1.10. The number of hydrogen-bond acceptors (Lipinski definition) is 4.